The highest BCUT2D eigenvalue weighted by atomic mass is 35.5. The van der Waals surface area contributed by atoms with E-state index < -0.39 is 6.23 Å². The van der Waals surface area contributed by atoms with Crippen molar-refractivity contribution in [3.63, 3.8) is 0 Å². The van der Waals surface area contributed by atoms with Gasteiger partial charge in [0.2, 0.25) is 23.2 Å². The fraction of sp³-hybridized carbons (Fsp3) is 0.238. The molecular weight excluding hydrogens is 408 g/mol. The van der Waals surface area contributed by atoms with Gasteiger partial charge in [0.25, 0.3) is 0 Å². The second kappa shape index (κ2) is 8.00. The fourth-order valence-corrected chi connectivity index (χ4v) is 3.67. The molecule has 0 fully saturated rings. The highest BCUT2D eigenvalue weighted by Gasteiger charge is 2.35. The van der Waals surface area contributed by atoms with Crippen LogP contribution in [0, 0.1) is 6.92 Å². The summed E-state index contributed by atoms with van der Waals surface area (Å²) in [5.74, 6) is 0.281. The molecule has 148 valence electrons. The largest absolute Gasteiger partial charge is 0.447 e. The number of ether oxygens (including phenoxy) is 1. The Hall–Kier alpha value is -2.64. The van der Waals surface area contributed by atoms with Crippen LogP contribution in [0.5, 0.6) is 5.88 Å². The summed E-state index contributed by atoms with van der Waals surface area (Å²) in [6.07, 6.45) is 1.50. The molecule has 29 heavy (non-hydrogen) atoms. The molecule has 1 amide bonds. The molecule has 0 saturated heterocycles. The number of aryl methyl sites for hydroxylation is 1. The standard InChI is InChI=1S/C21H19ClN4O2S/c1-4-17(27)26-16-10-5-12(2)11-15(16)18-19(23-21(29-3)25-24-18)28-20(26)13-6-8-14(22)9-7-13/h5-11,20H,4H2,1-3H3. The average molecular weight is 427 g/mol. The smallest absolute Gasteiger partial charge is 0.247 e. The maximum absolute atomic E-state index is 13.1. The van der Waals surface area contributed by atoms with Crippen LogP contribution in [0.25, 0.3) is 11.3 Å². The van der Waals surface area contributed by atoms with Gasteiger partial charge >= 0.3 is 0 Å². The number of thioether (sulfide) groups is 1. The number of hydrogen-bond donors (Lipinski definition) is 0. The van der Waals surface area contributed by atoms with Gasteiger partial charge in [0.05, 0.1) is 5.69 Å². The van der Waals surface area contributed by atoms with E-state index >= 15 is 0 Å². The molecule has 0 spiro atoms. The van der Waals surface area contributed by atoms with Crippen LogP contribution in [0.15, 0.2) is 47.6 Å². The van der Waals surface area contributed by atoms with E-state index in [1.807, 2.05) is 50.4 Å². The first-order valence-electron chi connectivity index (χ1n) is 9.15. The lowest BCUT2D eigenvalue weighted by molar-refractivity contribution is -0.120. The Morgan fingerprint density at radius 1 is 1.21 bits per heavy atom. The van der Waals surface area contributed by atoms with Crippen molar-refractivity contribution in [2.24, 2.45) is 0 Å². The number of amides is 1. The number of rotatable bonds is 3. The van der Waals surface area contributed by atoms with Crippen LogP contribution in [0.2, 0.25) is 5.02 Å². The number of carbonyl (C=O) groups is 1. The Balaban J connectivity index is 1.99. The second-order valence-corrected chi connectivity index (χ2v) is 7.82. The second-order valence-electron chi connectivity index (χ2n) is 6.61. The third-order valence-electron chi connectivity index (χ3n) is 4.67. The Morgan fingerprint density at radius 2 is 1.97 bits per heavy atom. The Morgan fingerprint density at radius 3 is 2.66 bits per heavy atom. The van der Waals surface area contributed by atoms with Crippen molar-refractivity contribution in [2.75, 3.05) is 11.2 Å². The zero-order valence-corrected chi connectivity index (χ0v) is 17.8. The molecule has 0 bridgehead atoms. The summed E-state index contributed by atoms with van der Waals surface area (Å²) in [6.45, 7) is 3.82. The first kappa shape index (κ1) is 19.7. The van der Waals surface area contributed by atoms with Crippen molar-refractivity contribution in [3.05, 3.63) is 58.6 Å². The van der Waals surface area contributed by atoms with Crippen molar-refractivity contribution in [2.45, 2.75) is 31.7 Å². The summed E-state index contributed by atoms with van der Waals surface area (Å²) in [7, 11) is 0. The monoisotopic (exact) mass is 426 g/mol. The molecular formula is C21H19ClN4O2S. The highest BCUT2D eigenvalue weighted by Crippen LogP contribution is 2.44. The zero-order valence-electron chi connectivity index (χ0n) is 16.2. The normalized spacial score (nSPS) is 15.2. The summed E-state index contributed by atoms with van der Waals surface area (Å²) in [4.78, 5) is 19.3. The maximum Gasteiger partial charge on any atom is 0.247 e. The number of carbonyl (C=O) groups excluding carboxylic acids is 1. The maximum atomic E-state index is 13.1. The Bertz CT molecular complexity index is 1070. The van der Waals surface area contributed by atoms with Crippen LogP contribution in [-0.4, -0.2) is 27.3 Å². The van der Waals surface area contributed by atoms with Gasteiger partial charge < -0.3 is 4.74 Å². The van der Waals surface area contributed by atoms with E-state index in [-0.39, 0.29) is 5.91 Å². The molecule has 4 rings (SSSR count). The van der Waals surface area contributed by atoms with Crippen LogP contribution in [0.1, 0.15) is 30.7 Å². The molecule has 1 atom stereocenters. The quantitative estimate of drug-likeness (QED) is 0.545. The fourth-order valence-electron chi connectivity index (χ4n) is 3.25. The van der Waals surface area contributed by atoms with Crippen molar-refractivity contribution >= 4 is 35.0 Å². The van der Waals surface area contributed by atoms with E-state index in [1.54, 1.807) is 17.0 Å². The number of halogens is 1. The van der Waals surface area contributed by atoms with Gasteiger partial charge in [-0.05, 0) is 37.4 Å². The van der Waals surface area contributed by atoms with E-state index in [0.717, 1.165) is 16.7 Å². The van der Waals surface area contributed by atoms with Crippen LogP contribution in [0.4, 0.5) is 5.69 Å². The summed E-state index contributed by atoms with van der Waals surface area (Å²) < 4.78 is 6.32. The lowest BCUT2D eigenvalue weighted by Gasteiger charge is -2.30. The molecule has 0 N–H and O–H groups in total. The first-order chi connectivity index (χ1) is 14.0. The minimum Gasteiger partial charge on any atom is -0.447 e. The van der Waals surface area contributed by atoms with Crippen LogP contribution in [-0.2, 0) is 4.79 Å². The number of anilines is 1. The Labute approximate surface area is 178 Å². The van der Waals surface area contributed by atoms with E-state index in [0.29, 0.717) is 33.9 Å². The molecule has 1 aromatic heterocycles. The summed E-state index contributed by atoms with van der Waals surface area (Å²) >= 11 is 7.45. The molecule has 1 aliphatic heterocycles. The number of benzene rings is 2. The van der Waals surface area contributed by atoms with Gasteiger partial charge in [-0.25, -0.2) is 0 Å². The van der Waals surface area contributed by atoms with Crippen molar-refractivity contribution in [3.8, 4) is 17.1 Å². The van der Waals surface area contributed by atoms with Crippen molar-refractivity contribution in [1.82, 2.24) is 15.2 Å². The number of aromatic nitrogens is 3. The molecule has 0 radical (unpaired) electrons. The minimum absolute atomic E-state index is 0.0686. The lowest BCUT2D eigenvalue weighted by Crippen LogP contribution is -2.37. The van der Waals surface area contributed by atoms with Crippen molar-refractivity contribution < 1.29 is 9.53 Å². The average Bonchev–Trinajstić information content (AvgIpc) is 2.87. The third kappa shape index (κ3) is 3.68. The molecule has 2 heterocycles. The first-order valence-corrected chi connectivity index (χ1v) is 10.8. The summed E-state index contributed by atoms with van der Waals surface area (Å²) in [5, 5.41) is 9.67. The van der Waals surface area contributed by atoms with Crippen LogP contribution < -0.4 is 9.64 Å². The summed E-state index contributed by atoms with van der Waals surface area (Å²) in [6, 6.07) is 13.1. The molecule has 1 aliphatic rings. The van der Waals surface area contributed by atoms with E-state index in [1.165, 1.54) is 11.8 Å². The third-order valence-corrected chi connectivity index (χ3v) is 5.46. The molecule has 3 aromatic rings. The number of nitrogens with zero attached hydrogens (tertiary/aromatic N) is 4. The topological polar surface area (TPSA) is 68.2 Å². The van der Waals surface area contributed by atoms with E-state index in [9.17, 15) is 4.79 Å². The zero-order chi connectivity index (χ0) is 20.5. The SMILES string of the molecule is CCC(=O)N1c2ccc(C)cc2-c2nnc(SC)nc2OC1c1ccc(Cl)cc1. The van der Waals surface area contributed by atoms with Gasteiger partial charge in [-0.2, -0.15) is 4.98 Å². The number of hydrogen-bond acceptors (Lipinski definition) is 6. The van der Waals surface area contributed by atoms with Gasteiger partial charge in [0.1, 0.15) is 0 Å². The summed E-state index contributed by atoms with van der Waals surface area (Å²) in [5.41, 5.74) is 3.84. The van der Waals surface area contributed by atoms with E-state index in [2.05, 4.69) is 15.2 Å². The van der Waals surface area contributed by atoms with Gasteiger partial charge in [0, 0.05) is 22.6 Å². The predicted octanol–water partition coefficient (Wildman–Crippen LogP) is 5.06. The van der Waals surface area contributed by atoms with Gasteiger partial charge in [-0.3, -0.25) is 9.69 Å². The molecule has 0 saturated carbocycles. The number of fused-ring (bicyclic) bond motifs is 3. The van der Waals surface area contributed by atoms with Gasteiger partial charge in [0.15, 0.2) is 5.69 Å². The lowest BCUT2D eigenvalue weighted by atomic mass is 10.0. The van der Waals surface area contributed by atoms with Crippen LogP contribution in [0.3, 0.4) is 0 Å². The molecule has 0 aliphatic carbocycles. The minimum atomic E-state index is -0.700. The van der Waals surface area contributed by atoms with E-state index in [4.69, 9.17) is 16.3 Å². The van der Waals surface area contributed by atoms with Crippen molar-refractivity contribution in [1.29, 1.82) is 0 Å². The predicted molar refractivity (Wildman–Crippen MR) is 114 cm³/mol. The molecule has 8 heteroatoms. The molecule has 6 nitrogen and oxygen atoms in total. The van der Waals surface area contributed by atoms with Gasteiger partial charge in [-0.1, -0.05) is 54.0 Å². The molecule has 1 unspecified atom stereocenters. The van der Waals surface area contributed by atoms with Crippen LogP contribution >= 0.6 is 23.4 Å². The van der Waals surface area contributed by atoms with Gasteiger partial charge in [-0.15, -0.1) is 10.2 Å². The highest BCUT2D eigenvalue weighted by molar-refractivity contribution is 7.98. The Kier molecular flexibility index (Phi) is 5.43. The molecule has 2 aromatic carbocycles.